The quantitative estimate of drug-likeness (QED) is 0.740. The summed E-state index contributed by atoms with van der Waals surface area (Å²) < 4.78 is 7.43. The van der Waals surface area contributed by atoms with E-state index >= 15 is 0 Å². The molecule has 8 heteroatoms. The topological polar surface area (TPSA) is 85.3 Å². The summed E-state index contributed by atoms with van der Waals surface area (Å²) in [5, 5.41) is 4.22. The van der Waals surface area contributed by atoms with Gasteiger partial charge in [-0.3, -0.25) is 0 Å². The molecule has 0 bridgehead atoms. The first kappa shape index (κ1) is 17.1. The molecule has 1 saturated heterocycles. The zero-order valence-electron chi connectivity index (χ0n) is 15.3. The predicted molar refractivity (Wildman–Crippen MR) is 106 cm³/mol. The normalized spacial score (nSPS) is 14.4. The van der Waals surface area contributed by atoms with Gasteiger partial charge in [0.25, 0.3) is 0 Å². The molecule has 1 aliphatic rings. The van der Waals surface area contributed by atoms with Crippen LogP contribution in [0.25, 0.3) is 5.82 Å². The summed E-state index contributed by atoms with van der Waals surface area (Å²) in [5.41, 5.74) is 8.03. The minimum Gasteiger partial charge on any atom is -0.492 e. The van der Waals surface area contributed by atoms with E-state index in [9.17, 15) is 0 Å². The second kappa shape index (κ2) is 7.53. The van der Waals surface area contributed by atoms with Gasteiger partial charge >= 0.3 is 0 Å². The molecule has 0 radical (unpaired) electrons. The van der Waals surface area contributed by atoms with E-state index in [1.54, 1.807) is 17.2 Å². The number of hydrogen-bond donors (Lipinski definition) is 1. The van der Waals surface area contributed by atoms with Crippen LogP contribution in [0.2, 0.25) is 0 Å². The highest BCUT2D eigenvalue weighted by Gasteiger charge is 2.23. The number of nitrogens with zero attached hydrogens (tertiary/aromatic N) is 6. The van der Waals surface area contributed by atoms with Gasteiger partial charge in [0.2, 0.25) is 0 Å². The smallest absolute Gasteiger partial charge is 0.181 e. The van der Waals surface area contributed by atoms with Gasteiger partial charge in [0.05, 0.1) is 12.3 Å². The molecule has 0 unspecified atom stereocenters. The van der Waals surface area contributed by atoms with Gasteiger partial charge in [-0.2, -0.15) is 5.10 Å². The van der Waals surface area contributed by atoms with Crippen LogP contribution in [-0.2, 0) is 0 Å². The largest absolute Gasteiger partial charge is 0.492 e. The molecule has 0 atom stereocenters. The monoisotopic (exact) mass is 365 g/mol. The standard InChI is InChI=1S/C19H23N7O/c1-2-27-16-7-4-3-6-15(16)24-10-12-25(13-11-24)18-17(20)19(22-14-21-18)26-9-5-8-23-26/h3-9,14H,2,10-13,20H2,1H3. The lowest BCUT2D eigenvalue weighted by Gasteiger charge is -2.37. The van der Waals surface area contributed by atoms with Crippen LogP contribution in [0.1, 0.15) is 6.92 Å². The molecule has 2 aromatic heterocycles. The zero-order valence-corrected chi connectivity index (χ0v) is 15.3. The van der Waals surface area contributed by atoms with Gasteiger partial charge in [-0.25, -0.2) is 14.6 Å². The van der Waals surface area contributed by atoms with Gasteiger partial charge < -0.3 is 20.3 Å². The highest BCUT2D eigenvalue weighted by atomic mass is 16.5. The Balaban J connectivity index is 1.51. The fourth-order valence-corrected chi connectivity index (χ4v) is 3.36. The SMILES string of the molecule is CCOc1ccccc1N1CCN(c2ncnc(-n3cccn3)c2N)CC1. The van der Waals surface area contributed by atoms with Crippen LogP contribution < -0.4 is 20.3 Å². The first-order valence-corrected chi connectivity index (χ1v) is 9.10. The number of nitrogen functional groups attached to an aromatic ring is 1. The average molecular weight is 365 g/mol. The minimum absolute atomic E-state index is 0.546. The van der Waals surface area contributed by atoms with E-state index in [0.29, 0.717) is 18.1 Å². The molecule has 8 nitrogen and oxygen atoms in total. The third kappa shape index (κ3) is 3.38. The van der Waals surface area contributed by atoms with Crippen LogP contribution in [0.5, 0.6) is 5.75 Å². The van der Waals surface area contributed by atoms with E-state index in [1.165, 1.54) is 0 Å². The number of nitrogens with two attached hydrogens (primary N) is 1. The van der Waals surface area contributed by atoms with Crippen molar-refractivity contribution in [3.63, 3.8) is 0 Å². The second-order valence-electron chi connectivity index (χ2n) is 6.26. The molecule has 0 aliphatic carbocycles. The number of hydrogen-bond acceptors (Lipinski definition) is 7. The zero-order chi connectivity index (χ0) is 18.6. The summed E-state index contributed by atoms with van der Waals surface area (Å²) >= 11 is 0. The van der Waals surface area contributed by atoms with Crippen molar-refractivity contribution in [2.75, 3.05) is 48.3 Å². The third-order valence-corrected chi connectivity index (χ3v) is 4.65. The predicted octanol–water partition coefficient (Wildman–Crippen LogP) is 1.97. The summed E-state index contributed by atoms with van der Waals surface area (Å²) in [5.74, 6) is 2.29. The number of benzene rings is 1. The first-order valence-electron chi connectivity index (χ1n) is 9.10. The number of aromatic nitrogens is 4. The molecule has 4 rings (SSSR count). The van der Waals surface area contributed by atoms with E-state index in [1.807, 2.05) is 37.4 Å². The van der Waals surface area contributed by atoms with Gasteiger partial charge in [-0.15, -0.1) is 0 Å². The summed E-state index contributed by atoms with van der Waals surface area (Å²) in [7, 11) is 0. The molecule has 0 saturated carbocycles. The maximum Gasteiger partial charge on any atom is 0.181 e. The molecular weight excluding hydrogens is 342 g/mol. The Morgan fingerprint density at radius 3 is 2.48 bits per heavy atom. The molecule has 140 valence electrons. The lowest BCUT2D eigenvalue weighted by atomic mass is 10.2. The molecule has 1 fully saturated rings. The number of piperazine rings is 1. The van der Waals surface area contributed by atoms with Crippen molar-refractivity contribution in [2.45, 2.75) is 6.92 Å². The fraction of sp³-hybridized carbons (Fsp3) is 0.316. The molecule has 3 aromatic rings. The van der Waals surface area contributed by atoms with E-state index in [0.717, 1.165) is 43.4 Å². The van der Waals surface area contributed by atoms with Crippen molar-refractivity contribution in [3.05, 3.63) is 49.1 Å². The fourth-order valence-electron chi connectivity index (χ4n) is 3.36. The highest BCUT2D eigenvalue weighted by Crippen LogP contribution is 2.31. The van der Waals surface area contributed by atoms with Crippen molar-refractivity contribution < 1.29 is 4.74 Å². The second-order valence-corrected chi connectivity index (χ2v) is 6.26. The van der Waals surface area contributed by atoms with Crippen LogP contribution in [0, 0.1) is 0 Å². The third-order valence-electron chi connectivity index (χ3n) is 4.65. The van der Waals surface area contributed by atoms with Crippen molar-refractivity contribution in [1.29, 1.82) is 0 Å². The van der Waals surface area contributed by atoms with Gasteiger partial charge in [-0.1, -0.05) is 12.1 Å². The number of anilines is 3. The number of para-hydroxylation sites is 2. The van der Waals surface area contributed by atoms with Crippen LogP contribution in [0.4, 0.5) is 17.2 Å². The van der Waals surface area contributed by atoms with E-state index in [2.05, 4.69) is 30.9 Å². The van der Waals surface area contributed by atoms with Crippen LogP contribution in [0.3, 0.4) is 0 Å². The van der Waals surface area contributed by atoms with Crippen LogP contribution >= 0.6 is 0 Å². The Morgan fingerprint density at radius 2 is 1.74 bits per heavy atom. The summed E-state index contributed by atoms with van der Waals surface area (Å²) in [4.78, 5) is 13.2. The van der Waals surface area contributed by atoms with Crippen molar-refractivity contribution >= 4 is 17.2 Å². The van der Waals surface area contributed by atoms with E-state index in [-0.39, 0.29) is 0 Å². The lowest BCUT2D eigenvalue weighted by Crippen LogP contribution is -2.47. The van der Waals surface area contributed by atoms with Crippen molar-refractivity contribution in [2.24, 2.45) is 0 Å². The molecule has 2 N–H and O–H groups in total. The minimum atomic E-state index is 0.546. The van der Waals surface area contributed by atoms with Crippen molar-refractivity contribution in [1.82, 2.24) is 19.7 Å². The maximum absolute atomic E-state index is 6.35. The maximum atomic E-state index is 6.35. The average Bonchev–Trinajstić information content (AvgIpc) is 3.24. The summed E-state index contributed by atoms with van der Waals surface area (Å²) in [6.07, 6.45) is 5.07. The Hall–Kier alpha value is -3.29. The molecule has 3 heterocycles. The lowest BCUT2D eigenvalue weighted by molar-refractivity contribution is 0.340. The first-order chi connectivity index (χ1) is 13.3. The van der Waals surface area contributed by atoms with Gasteiger partial charge in [0.15, 0.2) is 11.6 Å². The van der Waals surface area contributed by atoms with E-state index in [4.69, 9.17) is 10.5 Å². The van der Waals surface area contributed by atoms with Crippen molar-refractivity contribution in [3.8, 4) is 11.6 Å². The molecule has 27 heavy (non-hydrogen) atoms. The van der Waals surface area contributed by atoms with Crippen LogP contribution in [0.15, 0.2) is 49.1 Å². The summed E-state index contributed by atoms with van der Waals surface area (Å²) in [6.45, 7) is 6.03. The number of ether oxygens (including phenoxy) is 1. The van der Waals surface area contributed by atoms with Crippen LogP contribution in [-0.4, -0.2) is 52.5 Å². The Labute approximate surface area is 158 Å². The Kier molecular flexibility index (Phi) is 4.78. The van der Waals surface area contributed by atoms with Gasteiger partial charge in [0, 0.05) is 38.6 Å². The number of rotatable bonds is 5. The van der Waals surface area contributed by atoms with Gasteiger partial charge in [0.1, 0.15) is 17.8 Å². The Bertz CT molecular complexity index is 889. The van der Waals surface area contributed by atoms with E-state index < -0.39 is 0 Å². The highest BCUT2D eigenvalue weighted by molar-refractivity contribution is 5.70. The molecular formula is C19H23N7O. The molecule has 1 aromatic carbocycles. The Morgan fingerprint density at radius 1 is 1.00 bits per heavy atom. The molecule has 1 aliphatic heterocycles. The molecule has 0 spiro atoms. The van der Waals surface area contributed by atoms with Gasteiger partial charge in [-0.05, 0) is 25.1 Å². The summed E-state index contributed by atoms with van der Waals surface area (Å²) in [6, 6.07) is 10.0. The molecule has 0 amide bonds.